The smallest absolute Gasteiger partial charge is 0.254 e. The molecular formula is C15H12INO. The summed E-state index contributed by atoms with van der Waals surface area (Å²) in [7, 11) is 0. The van der Waals surface area contributed by atoms with Crippen LogP contribution in [-0.2, 0) is 13.1 Å². The minimum Gasteiger partial charge on any atom is -0.330 e. The minimum atomic E-state index is 0.114. The summed E-state index contributed by atoms with van der Waals surface area (Å²) in [5, 5.41) is 0. The van der Waals surface area contributed by atoms with Gasteiger partial charge in [-0.25, -0.2) is 0 Å². The minimum absolute atomic E-state index is 0.114. The lowest BCUT2D eigenvalue weighted by Crippen LogP contribution is -2.25. The van der Waals surface area contributed by atoms with Gasteiger partial charge in [-0.2, -0.15) is 0 Å². The van der Waals surface area contributed by atoms with Gasteiger partial charge in [0.25, 0.3) is 5.91 Å². The van der Waals surface area contributed by atoms with Gasteiger partial charge in [-0.1, -0.05) is 24.3 Å². The van der Waals surface area contributed by atoms with Crippen LogP contribution in [0.5, 0.6) is 0 Å². The van der Waals surface area contributed by atoms with Gasteiger partial charge in [-0.15, -0.1) is 0 Å². The first-order valence-electron chi connectivity index (χ1n) is 5.85. The lowest BCUT2D eigenvalue weighted by molar-refractivity contribution is 0.0751. The van der Waals surface area contributed by atoms with Crippen molar-refractivity contribution in [1.82, 2.24) is 4.90 Å². The van der Waals surface area contributed by atoms with E-state index in [1.165, 1.54) is 11.1 Å². The van der Waals surface area contributed by atoms with Gasteiger partial charge in [0.15, 0.2) is 0 Å². The number of carbonyl (C=O) groups is 1. The Morgan fingerprint density at radius 1 is 0.944 bits per heavy atom. The summed E-state index contributed by atoms with van der Waals surface area (Å²) in [5.41, 5.74) is 3.29. The average Bonchev–Trinajstić information content (AvgIpc) is 2.82. The predicted molar refractivity (Wildman–Crippen MR) is 79.2 cm³/mol. The highest BCUT2D eigenvalue weighted by molar-refractivity contribution is 14.1. The highest BCUT2D eigenvalue weighted by Crippen LogP contribution is 2.24. The van der Waals surface area contributed by atoms with Crippen LogP contribution in [0.25, 0.3) is 0 Å². The van der Waals surface area contributed by atoms with Gasteiger partial charge in [0.2, 0.25) is 0 Å². The van der Waals surface area contributed by atoms with Crippen LogP contribution >= 0.6 is 22.6 Å². The molecule has 0 radical (unpaired) electrons. The fraction of sp³-hybridized carbons (Fsp3) is 0.133. The highest BCUT2D eigenvalue weighted by Gasteiger charge is 2.23. The molecule has 0 unspecified atom stereocenters. The van der Waals surface area contributed by atoms with E-state index in [1.54, 1.807) is 0 Å². The summed E-state index contributed by atoms with van der Waals surface area (Å²) < 4.78 is 1.15. The van der Waals surface area contributed by atoms with E-state index in [0.717, 1.165) is 22.2 Å². The van der Waals surface area contributed by atoms with Crippen molar-refractivity contribution in [1.29, 1.82) is 0 Å². The maximum Gasteiger partial charge on any atom is 0.254 e. The van der Waals surface area contributed by atoms with Crippen LogP contribution in [0.15, 0.2) is 48.5 Å². The number of benzene rings is 2. The van der Waals surface area contributed by atoms with Gasteiger partial charge in [-0.05, 0) is 58.0 Å². The zero-order valence-corrected chi connectivity index (χ0v) is 11.9. The number of rotatable bonds is 1. The SMILES string of the molecule is O=C(c1ccc(I)cc1)N1Cc2ccccc2C1. The number of amides is 1. The van der Waals surface area contributed by atoms with Crippen LogP contribution in [0.4, 0.5) is 0 Å². The standard InChI is InChI=1S/C15H12INO/c16-14-7-5-11(6-8-14)15(18)17-9-12-3-1-2-4-13(12)10-17/h1-8H,9-10H2. The van der Waals surface area contributed by atoms with E-state index in [-0.39, 0.29) is 5.91 Å². The van der Waals surface area contributed by atoms with Gasteiger partial charge in [0, 0.05) is 22.2 Å². The number of hydrogen-bond donors (Lipinski definition) is 0. The molecule has 2 aromatic carbocycles. The average molecular weight is 349 g/mol. The van der Waals surface area contributed by atoms with E-state index in [2.05, 4.69) is 34.7 Å². The second-order valence-electron chi connectivity index (χ2n) is 4.44. The van der Waals surface area contributed by atoms with Crippen molar-refractivity contribution in [3.8, 4) is 0 Å². The Balaban J connectivity index is 1.82. The van der Waals surface area contributed by atoms with Crippen LogP contribution in [0, 0.1) is 3.57 Å². The van der Waals surface area contributed by atoms with Crippen molar-refractivity contribution in [3.63, 3.8) is 0 Å². The van der Waals surface area contributed by atoms with E-state index in [4.69, 9.17) is 0 Å². The quantitative estimate of drug-likeness (QED) is 0.723. The maximum absolute atomic E-state index is 12.4. The molecule has 0 N–H and O–H groups in total. The maximum atomic E-state index is 12.4. The van der Waals surface area contributed by atoms with Gasteiger partial charge < -0.3 is 4.90 Å². The molecule has 0 bridgehead atoms. The molecule has 0 saturated heterocycles. The van der Waals surface area contributed by atoms with Crippen LogP contribution in [0.1, 0.15) is 21.5 Å². The monoisotopic (exact) mass is 349 g/mol. The topological polar surface area (TPSA) is 20.3 Å². The third-order valence-corrected chi connectivity index (χ3v) is 3.94. The van der Waals surface area contributed by atoms with Crippen molar-refractivity contribution in [2.45, 2.75) is 13.1 Å². The summed E-state index contributed by atoms with van der Waals surface area (Å²) in [6.07, 6.45) is 0. The van der Waals surface area contributed by atoms with Crippen LogP contribution in [-0.4, -0.2) is 10.8 Å². The molecule has 0 aromatic heterocycles. The summed E-state index contributed by atoms with van der Waals surface area (Å²) in [5.74, 6) is 0.114. The van der Waals surface area contributed by atoms with Crippen LogP contribution < -0.4 is 0 Å². The molecular weight excluding hydrogens is 337 g/mol. The summed E-state index contributed by atoms with van der Waals surface area (Å²) in [6.45, 7) is 1.45. The molecule has 2 nitrogen and oxygen atoms in total. The Morgan fingerprint density at radius 2 is 1.50 bits per heavy atom. The fourth-order valence-corrected chi connectivity index (χ4v) is 2.61. The first-order valence-corrected chi connectivity index (χ1v) is 6.93. The molecule has 0 atom stereocenters. The van der Waals surface area contributed by atoms with E-state index in [9.17, 15) is 4.79 Å². The van der Waals surface area contributed by atoms with Gasteiger partial charge in [0.1, 0.15) is 0 Å². The van der Waals surface area contributed by atoms with E-state index in [0.29, 0.717) is 0 Å². The summed E-state index contributed by atoms with van der Waals surface area (Å²) in [4.78, 5) is 14.2. The summed E-state index contributed by atoms with van der Waals surface area (Å²) in [6, 6.07) is 16.0. The molecule has 3 heteroatoms. The van der Waals surface area contributed by atoms with Crippen LogP contribution in [0.2, 0.25) is 0 Å². The van der Waals surface area contributed by atoms with Gasteiger partial charge >= 0.3 is 0 Å². The molecule has 1 amide bonds. The molecule has 90 valence electrons. The van der Waals surface area contributed by atoms with Gasteiger partial charge in [-0.3, -0.25) is 4.79 Å². The van der Waals surface area contributed by atoms with Crippen molar-refractivity contribution >= 4 is 28.5 Å². The molecule has 0 fully saturated rings. The number of fused-ring (bicyclic) bond motifs is 1. The Bertz CT molecular complexity index is 567. The second kappa shape index (κ2) is 4.72. The van der Waals surface area contributed by atoms with Crippen LogP contribution in [0.3, 0.4) is 0 Å². The molecule has 1 heterocycles. The van der Waals surface area contributed by atoms with Crippen molar-refractivity contribution in [3.05, 3.63) is 68.8 Å². The molecule has 0 spiro atoms. The zero-order valence-electron chi connectivity index (χ0n) is 9.77. The van der Waals surface area contributed by atoms with E-state index in [1.807, 2.05) is 41.3 Å². The summed E-state index contributed by atoms with van der Waals surface area (Å²) >= 11 is 2.24. The fourth-order valence-electron chi connectivity index (χ4n) is 2.25. The zero-order chi connectivity index (χ0) is 12.5. The predicted octanol–water partition coefficient (Wildman–Crippen LogP) is 3.45. The molecule has 18 heavy (non-hydrogen) atoms. The Morgan fingerprint density at radius 3 is 2.06 bits per heavy atom. The third kappa shape index (κ3) is 2.14. The Labute approximate surface area is 120 Å². The first kappa shape index (κ1) is 11.7. The normalized spacial score (nSPS) is 13.5. The first-order chi connectivity index (χ1) is 8.74. The second-order valence-corrected chi connectivity index (χ2v) is 5.68. The molecule has 2 aromatic rings. The number of halogens is 1. The Hall–Kier alpha value is -1.36. The van der Waals surface area contributed by atoms with E-state index >= 15 is 0 Å². The molecule has 0 aliphatic carbocycles. The van der Waals surface area contributed by atoms with Crippen molar-refractivity contribution in [2.75, 3.05) is 0 Å². The van der Waals surface area contributed by atoms with Crippen molar-refractivity contribution < 1.29 is 4.79 Å². The third-order valence-electron chi connectivity index (χ3n) is 3.22. The largest absolute Gasteiger partial charge is 0.330 e. The van der Waals surface area contributed by atoms with Gasteiger partial charge in [0.05, 0.1) is 0 Å². The molecule has 1 aliphatic rings. The Kier molecular flexibility index (Phi) is 3.07. The number of nitrogens with zero attached hydrogens (tertiary/aromatic N) is 1. The molecule has 3 rings (SSSR count). The number of hydrogen-bond acceptors (Lipinski definition) is 1. The lowest BCUT2D eigenvalue weighted by atomic mass is 10.1. The number of carbonyl (C=O) groups excluding carboxylic acids is 1. The molecule has 0 saturated carbocycles. The molecule has 1 aliphatic heterocycles. The highest BCUT2D eigenvalue weighted by atomic mass is 127. The van der Waals surface area contributed by atoms with Crippen molar-refractivity contribution in [2.24, 2.45) is 0 Å². The van der Waals surface area contributed by atoms with E-state index < -0.39 is 0 Å². The lowest BCUT2D eigenvalue weighted by Gasteiger charge is -2.15.